The molecule has 0 radical (unpaired) electrons. The number of ether oxygens (including phenoxy) is 2. The van der Waals surface area contributed by atoms with E-state index in [2.05, 4.69) is 36.2 Å². The molecular weight excluding hydrogens is 322 g/mol. The lowest BCUT2D eigenvalue weighted by atomic mass is 10.2. The van der Waals surface area contributed by atoms with Crippen molar-refractivity contribution in [3.63, 3.8) is 0 Å². The fraction of sp³-hybridized carbons (Fsp3) is 0.174. The molecule has 3 aromatic carbocycles. The molecule has 0 atom stereocenters. The summed E-state index contributed by atoms with van der Waals surface area (Å²) in [6, 6.07) is 24.1. The molecule has 3 nitrogen and oxygen atoms in total. The molecule has 3 rings (SSSR count). The predicted molar refractivity (Wildman–Crippen MR) is 107 cm³/mol. The fourth-order valence-corrected chi connectivity index (χ4v) is 2.48. The average molecular weight is 345 g/mol. The molecule has 3 heteroatoms. The Labute approximate surface area is 154 Å². The molecule has 0 bridgehead atoms. The van der Waals surface area contributed by atoms with Gasteiger partial charge in [-0.1, -0.05) is 42.0 Å². The van der Waals surface area contributed by atoms with Crippen LogP contribution in [0.4, 0.5) is 5.69 Å². The van der Waals surface area contributed by atoms with Gasteiger partial charge in [-0.2, -0.15) is 0 Å². The maximum absolute atomic E-state index is 5.89. The van der Waals surface area contributed by atoms with Crippen molar-refractivity contribution in [2.75, 3.05) is 6.61 Å². The molecule has 0 aliphatic heterocycles. The van der Waals surface area contributed by atoms with Gasteiger partial charge >= 0.3 is 0 Å². The summed E-state index contributed by atoms with van der Waals surface area (Å²) in [6.07, 6.45) is 1.84. The smallest absolute Gasteiger partial charge is 0.120 e. The molecule has 26 heavy (non-hydrogen) atoms. The third-order valence-corrected chi connectivity index (χ3v) is 3.89. The third kappa shape index (κ3) is 5.21. The minimum Gasteiger partial charge on any atom is -0.494 e. The van der Waals surface area contributed by atoms with Crippen LogP contribution in [0.25, 0.3) is 0 Å². The van der Waals surface area contributed by atoms with Crippen LogP contribution in [0.5, 0.6) is 11.5 Å². The molecule has 0 saturated carbocycles. The molecule has 0 unspecified atom stereocenters. The zero-order chi connectivity index (χ0) is 18.2. The fourth-order valence-electron chi connectivity index (χ4n) is 2.48. The van der Waals surface area contributed by atoms with E-state index >= 15 is 0 Å². The summed E-state index contributed by atoms with van der Waals surface area (Å²) < 4.78 is 11.3. The number of aliphatic imine (C=N–C) groups is 1. The lowest BCUT2D eigenvalue weighted by Gasteiger charge is -2.07. The van der Waals surface area contributed by atoms with E-state index in [9.17, 15) is 0 Å². The Kier molecular flexibility index (Phi) is 6.05. The number of aryl methyl sites for hydroxylation is 1. The molecule has 0 N–H and O–H groups in total. The summed E-state index contributed by atoms with van der Waals surface area (Å²) in [5.41, 5.74) is 4.30. The lowest BCUT2D eigenvalue weighted by molar-refractivity contribution is 0.306. The van der Waals surface area contributed by atoms with Crippen LogP contribution < -0.4 is 9.47 Å². The van der Waals surface area contributed by atoms with Crippen molar-refractivity contribution in [3.8, 4) is 11.5 Å². The van der Waals surface area contributed by atoms with Crippen molar-refractivity contribution in [2.24, 2.45) is 4.99 Å². The molecule has 0 heterocycles. The van der Waals surface area contributed by atoms with E-state index in [0.717, 1.165) is 28.3 Å². The number of nitrogens with zero attached hydrogens (tertiary/aromatic N) is 1. The van der Waals surface area contributed by atoms with Gasteiger partial charge in [0.1, 0.15) is 18.1 Å². The van der Waals surface area contributed by atoms with E-state index in [1.54, 1.807) is 0 Å². The topological polar surface area (TPSA) is 30.8 Å². The first-order valence-electron chi connectivity index (χ1n) is 8.78. The monoisotopic (exact) mass is 345 g/mol. The summed E-state index contributed by atoms with van der Waals surface area (Å²) in [4.78, 5) is 4.51. The summed E-state index contributed by atoms with van der Waals surface area (Å²) in [5.74, 6) is 1.69. The Morgan fingerprint density at radius 3 is 2.35 bits per heavy atom. The van der Waals surface area contributed by atoms with Gasteiger partial charge in [-0.25, -0.2) is 0 Å². The highest BCUT2D eigenvalue weighted by Gasteiger charge is 1.98. The van der Waals surface area contributed by atoms with E-state index in [4.69, 9.17) is 9.47 Å². The van der Waals surface area contributed by atoms with Crippen molar-refractivity contribution in [1.29, 1.82) is 0 Å². The quantitative estimate of drug-likeness (QED) is 0.513. The van der Waals surface area contributed by atoms with Gasteiger partial charge in [-0.05, 0) is 61.4 Å². The second-order valence-corrected chi connectivity index (χ2v) is 6.03. The summed E-state index contributed by atoms with van der Waals surface area (Å²) in [6.45, 7) is 5.27. The van der Waals surface area contributed by atoms with Crippen LogP contribution >= 0.6 is 0 Å². The van der Waals surface area contributed by atoms with E-state index < -0.39 is 0 Å². The molecule has 132 valence electrons. The highest BCUT2D eigenvalue weighted by molar-refractivity contribution is 5.82. The van der Waals surface area contributed by atoms with Crippen LogP contribution in [0.1, 0.15) is 23.6 Å². The highest BCUT2D eigenvalue weighted by Crippen LogP contribution is 2.19. The standard InChI is InChI=1S/C23H23NO2/c1-3-25-22-13-11-21(12-14-22)24-16-20-5-4-6-23(15-20)26-17-19-9-7-18(2)8-10-19/h4-16H,3,17H2,1-2H3. The van der Waals surface area contributed by atoms with Crippen LogP contribution in [-0.2, 0) is 6.61 Å². The molecule has 0 saturated heterocycles. The van der Waals surface area contributed by atoms with Gasteiger partial charge in [0.25, 0.3) is 0 Å². The van der Waals surface area contributed by atoms with Crippen molar-refractivity contribution in [2.45, 2.75) is 20.5 Å². The van der Waals surface area contributed by atoms with Crippen LogP contribution in [-0.4, -0.2) is 12.8 Å². The summed E-state index contributed by atoms with van der Waals surface area (Å²) in [7, 11) is 0. The maximum atomic E-state index is 5.89. The van der Waals surface area contributed by atoms with E-state index in [1.165, 1.54) is 5.56 Å². The van der Waals surface area contributed by atoms with Gasteiger partial charge < -0.3 is 9.47 Å². The average Bonchev–Trinajstić information content (AvgIpc) is 2.68. The van der Waals surface area contributed by atoms with Crippen molar-refractivity contribution in [1.82, 2.24) is 0 Å². The Bertz CT molecular complexity index is 852. The second-order valence-electron chi connectivity index (χ2n) is 6.03. The van der Waals surface area contributed by atoms with Gasteiger partial charge in [0, 0.05) is 6.21 Å². The van der Waals surface area contributed by atoms with Crippen LogP contribution in [0.3, 0.4) is 0 Å². The summed E-state index contributed by atoms with van der Waals surface area (Å²) >= 11 is 0. The SMILES string of the molecule is CCOc1ccc(N=Cc2cccc(OCc3ccc(C)cc3)c2)cc1. The largest absolute Gasteiger partial charge is 0.494 e. The normalized spacial score (nSPS) is 10.8. The molecule has 0 aromatic heterocycles. The van der Waals surface area contributed by atoms with Crippen LogP contribution in [0, 0.1) is 6.92 Å². The first-order valence-corrected chi connectivity index (χ1v) is 8.78. The Hall–Kier alpha value is -3.07. The first-order chi connectivity index (χ1) is 12.7. The molecule has 0 spiro atoms. The van der Waals surface area contributed by atoms with E-state index in [-0.39, 0.29) is 0 Å². The Morgan fingerprint density at radius 1 is 0.846 bits per heavy atom. The van der Waals surface area contributed by atoms with Crippen LogP contribution in [0.15, 0.2) is 77.8 Å². The van der Waals surface area contributed by atoms with Crippen LogP contribution in [0.2, 0.25) is 0 Å². The molecule has 3 aromatic rings. The maximum Gasteiger partial charge on any atom is 0.120 e. The Morgan fingerprint density at radius 2 is 1.62 bits per heavy atom. The highest BCUT2D eigenvalue weighted by atomic mass is 16.5. The number of rotatable bonds is 7. The Balaban J connectivity index is 1.62. The van der Waals surface area contributed by atoms with Gasteiger partial charge in [0.05, 0.1) is 12.3 Å². The lowest BCUT2D eigenvalue weighted by Crippen LogP contribution is -1.96. The van der Waals surface area contributed by atoms with Crippen molar-refractivity contribution < 1.29 is 9.47 Å². The van der Waals surface area contributed by atoms with E-state index in [1.807, 2.05) is 61.7 Å². The molecular formula is C23H23NO2. The molecule has 0 aliphatic carbocycles. The first kappa shape index (κ1) is 17.7. The molecule has 0 amide bonds. The van der Waals surface area contributed by atoms with Gasteiger partial charge in [0.2, 0.25) is 0 Å². The van der Waals surface area contributed by atoms with Gasteiger partial charge in [-0.3, -0.25) is 4.99 Å². The number of hydrogen-bond acceptors (Lipinski definition) is 3. The number of hydrogen-bond donors (Lipinski definition) is 0. The van der Waals surface area contributed by atoms with Gasteiger partial charge in [0.15, 0.2) is 0 Å². The zero-order valence-corrected chi connectivity index (χ0v) is 15.2. The third-order valence-electron chi connectivity index (χ3n) is 3.89. The van der Waals surface area contributed by atoms with Crippen molar-refractivity contribution in [3.05, 3.63) is 89.5 Å². The minimum absolute atomic E-state index is 0.555. The molecule has 0 fully saturated rings. The molecule has 0 aliphatic rings. The summed E-state index contributed by atoms with van der Waals surface area (Å²) in [5, 5.41) is 0. The van der Waals surface area contributed by atoms with E-state index in [0.29, 0.717) is 13.2 Å². The van der Waals surface area contributed by atoms with Gasteiger partial charge in [-0.15, -0.1) is 0 Å². The zero-order valence-electron chi connectivity index (χ0n) is 15.2. The number of benzene rings is 3. The minimum atomic E-state index is 0.555. The predicted octanol–water partition coefficient (Wildman–Crippen LogP) is 5.72. The van der Waals surface area contributed by atoms with Crippen molar-refractivity contribution >= 4 is 11.9 Å². The second kappa shape index (κ2) is 8.86.